The van der Waals surface area contributed by atoms with Gasteiger partial charge in [-0.1, -0.05) is 0 Å². The summed E-state index contributed by atoms with van der Waals surface area (Å²) in [6, 6.07) is 0. The molecule has 0 atom stereocenters. The lowest BCUT2D eigenvalue weighted by Gasteiger charge is -1.29. The smallest absolute Gasteiger partial charge is 0.209 e. The average Bonchev–Trinajstić information content (AvgIpc) is 1.37. The summed E-state index contributed by atoms with van der Waals surface area (Å²) in [4.78, 5) is 8.63. The lowest BCUT2D eigenvalue weighted by molar-refractivity contribution is 0.563. The highest BCUT2D eigenvalue weighted by Crippen LogP contribution is 1.22. The Morgan fingerprint density at radius 3 is 1.83 bits per heavy atom. The third-order valence-corrected chi connectivity index (χ3v) is 0.0408. The second kappa shape index (κ2) is 21.2. The van der Waals surface area contributed by atoms with Gasteiger partial charge in [0.05, 0.1) is 0 Å². The molecule has 0 aliphatic carbocycles. The molecule has 0 N–H and O–H groups in total. The molecule has 0 aromatic carbocycles. The van der Waals surface area contributed by atoms with Gasteiger partial charge in [0.2, 0.25) is 0 Å². The van der Waals surface area contributed by atoms with Crippen LogP contribution in [0.15, 0.2) is 5.10 Å². The van der Waals surface area contributed by atoms with Crippen LogP contribution in [0.4, 0.5) is 0 Å². The Morgan fingerprint density at radius 1 is 1.67 bits per heavy atom. The van der Waals surface area contributed by atoms with Gasteiger partial charge in [-0.05, 0) is 10.9 Å². The number of hydrogen-bond donors (Lipinski definition) is 0. The lowest BCUT2D eigenvalue weighted by Crippen LogP contribution is -1.46. The normalized spacial score (nSPS) is 2.67. The molecule has 0 saturated heterocycles. The first-order valence-electron chi connectivity index (χ1n) is 0.628. The molecule has 3 nitrogen and oxygen atoms in total. The zero-order valence-electron chi connectivity index (χ0n) is 2.75. The molecule has 0 aliphatic heterocycles. The fraction of sp³-hybridized carbons (Fsp3) is 0. The van der Waals surface area contributed by atoms with Gasteiger partial charge >= 0.3 is 0 Å². The van der Waals surface area contributed by atoms with Crippen molar-refractivity contribution in [1.29, 1.82) is 0 Å². The lowest BCUT2D eigenvalue weighted by atomic mass is 11.6. The Morgan fingerprint density at radius 2 is 1.83 bits per heavy atom. The van der Waals surface area contributed by atoms with Gasteiger partial charge in [0.15, 0.2) is 0 Å². The van der Waals surface area contributed by atoms with Crippen molar-refractivity contribution in [2.45, 2.75) is 0 Å². The maximum atomic E-state index is 8.63. The highest BCUT2D eigenvalue weighted by atomic mass is 31.0. The third kappa shape index (κ3) is 44.7. The Labute approximate surface area is 43.6 Å². The summed E-state index contributed by atoms with van der Waals surface area (Å²) in [7, 11) is 0. The monoisotopic (exact) mass is 115 g/mol. The highest BCUT2D eigenvalue weighted by Gasteiger charge is 1.35. The van der Waals surface area contributed by atoms with Crippen molar-refractivity contribution >= 4 is 26.9 Å². The van der Waals surface area contributed by atoms with Crippen molar-refractivity contribution < 1.29 is 4.79 Å². The van der Waals surface area contributed by atoms with Crippen molar-refractivity contribution in [1.82, 2.24) is 5.84 Å². The van der Waals surface area contributed by atoms with Gasteiger partial charge in [0.25, 0.3) is 6.08 Å². The molecule has 5 heteroatoms. The molecular formula is CN2OPSi. The van der Waals surface area contributed by atoms with Crippen LogP contribution in [0.25, 0.3) is 0 Å². The Kier molecular flexibility index (Phi) is 60.0. The van der Waals surface area contributed by atoms with Gasteiger partial charge in [-0.2, -0.15) is 0 Å². The van der Waals surface area contributed by atoms with Crippen LogP contribution in [0.5, 0.6) is 0 Å². The number of carbonyl (C=O) groups excluding carboxylic acids is 1. The molecule has 0 fully saturated rings. The van der Waals surface area contributed by atoms with Gasteiger partial charge in [0, 0.05) is 20.9 Å². The zero-order valence-corrected chi connectivity index (χ0v) is 4.64. The van der Waals surface area contributed by atoms with Gasteiger partial charge < -0.3 is 0 Å². The van der Waals surface area contributed by atoms with Crippen LogP contribution in [0.1, 0.15) is 0 Å². The average molecular weight is 115 g/mol. The summed E-state index contributed by atoms with van der Waals surface area (Å²) < 4.78 is 0. The van der Waals surface area contributed by atoms with Gasteiger partial charge in [-0.3, -0.25) is 0 Å². The predicted molar refractivity (Wildman–Crippen MR) is 22.9 cm³/mol. The standard InChI is InChI=1S/CN2O.P.Si/c2-3-1-4;;. The van der Waals surface area contributed by atoms with Crippen LogP contribution in [-0.2, 0) is 4.79 Å². The molecule has 0 unspecified atom stereocenters. The van der Waals surface area contributed by atoms with Crippen LogP contribution in [0, 0.1) is 0 Å². The van der Waals surface area contributed by atoms with Crippen LogP contribution in [0.3, 0.4) is 0 Å². The second-order valence-corrected chi connectivity index (χ2v) is 0.191. The molecule has 0 rings (SSSR count). The summed E-state index contributed by atoms with van der Waals surface area (Å²) >= 11 is 0. The molecule has 9 radical (unpaired) electrons. The van der Waals surface area contributed by atoms with Gasteiger partial charge in [0.1, 0.15) is 0 Å². The van der Waals surface area contributed by atoms with Crippen molar-refractivity contribution in [2.24, 2.45) is 5.10 Å². The SMILES string of the molecule is [N]N=C=O.[P].[Si]. The molecule has 29 valence electrons. The third-order valence-electron chi connectivity index (χ3n) is 0.0408. The van der Waals surface area contributed by atoms with E-state index in [1.807, 2.05) is 5.10 Å². The van der Waals surface area contributed by atoms with E-state index in [1.165, 1.54) is 0 Å². The first-order valence-corrected chi connectivity index (χ1v) is 0.628. The summed E-state index contributed by atoms with van der Waals surface area (Å²) in [5.41, 5.74) is 0. The number of rotatable bonds is 0. The Hall–Kier alpha value is -0.173. The molecule has 0 aliphatic rings. The first-order chi connectivity index (χ1) is 1.91. The van der Waals surface area contributed by atoms with E-state index in [9.17, 15) is 0 Å². The molecule has 0 amide bonds. The van der Waals surface area contributed by atoms with Crippen LogP contribution in [0.2, 0.25) is 0 Å². The molecule has 0 bridgehead atoms. The van der Waals surface area contributed by atoms with Crippen LogP contribution >= 0.6 is 9.90 Å². The quantitative estimate of drug-likeness (QED) is 0.142. The fourth-order valence-electron chi connectivity index (χ4n) is 0. The maximum absolute atomic E-state index is 8.63. The molecule has 6 heavy (non-hydrogen) atoms. The van der Waals surface area contributed by atoms with Crippen LogP contribution in [-0.4, -0.2) is 17.0 Å². The Bertz CT molecular complexity index is 51.5. The summed E-state index contributed by atoms with van der Waals surface area (Å²) in [5, 5.41) is 1.93. The molecule has 0 spiro atoms. The first kappa shape index (κ1) is 17.0. The maximum Gasteiger partial charge on any atom is 0.261 e. The number of isocyanates is 1. The second-order valence-electron chi connectivity index (χ2n) is 0.191. The van der Waals surface area contributed by atoms with Crippen LogP contribution < -0.4 is 5.84 Å². The van der Waals surface area contributed by atoms with E-state index in [4.69, 9.17) is 10.6 Å². The molecule has 0 saturated carbocycles. The minimum absolute atomic E-state index is 0. The van der Waals surface area contributed by atoms with Crippen molar-refractivity contribution in [3.8, 4) is 0 Å². The fourth-order valence-corrected chi connectivity index (χ4v) is 0. The van der Waals surface area contributed by atoms with E-state index in [1.54, 1.807) is 0 Å². The summed E-state index contributed by atoms with van der Waals surface area (Å²) in [5.74, 6) is 7.08. The topological polar surface area (TPSA) is 51.7 Å². The molecule has 0 aromatic heterocycles. The van der Waals surface area contributed by atoms with E-state index in [0.717, 1.165) is 6.08 Å². The minimum Gasteiger partial charge on any atom is -0.209 e. The van der Waals surface area contributed by atoms with Gasteiger partial charge in [-0.15, -0.1) is 0 Å². The van der Waals surface area contributed by atoms with Crippen molar-refractivity contribution in [3.05, 3.63) is 0 Å². The summed E-state index contributed by atoms with van der Waals surface area (Å²) in [6.45, 7) is 0. The molecule has 0 aromatic rings. The molecular weight excluding hydrogens is 115 g/mol. The largest absolute Gasteiger partial charge is 0.261 e. The van der Waals surface area contributed by atoms with E-state index in [2.05, 4.69) is 0 Å². The van der Waals surface area contributed by atoms with E-state index >= 15 is 0 Å². The van der Waals surface area contributed by atoms with E-state index in [-0.39, 0.29) is 20.9 Å². The predicted octanol–water partition coefficient (Wildman–Crippen LogP) is -0.214. The highest BCUT2D eigenvalue weighted by molar-refractivity contribution is 6.92. The Balaban J connectivity index is -0.0000000450. The van der Waals surface area contributed by atoms with E-state index in [0.29, 0.717) is 0 Å². The molecule has 0 heterocycles. The van der Waals surface area contributed by atoms with Crippen molar-refractivity contribution in [2.75, 3.05) is 0 Å². The summed E-state index contributed by atoms with van der Waals surface area (Å²) in [6.07, 6.45) is 0.861. The number of nitrogens with zero attached hydrogens (tertiary/aromatic N) is 2. The number of hydrogen-bond acceptors (Lipinski definition) is 2. The minimum atomic E-state index is 0. The van der Waals surface area contributed by atoms with Gasteiger partial charge in [-0.25, -0.2) is 4.79 Å². The zero-order chi connectivity index (χ0) is 3.41. The van der Waals surface area contributed by atoms with Crippen molar-refractivity contribution in [3.63, 3.8) is 0 Å². The van der Waals surface area contributed by atoms with E-state index < -0.39 is 0 Å².